The quantitative estimate of drug-likeness (QED) is 0.403. The Bertz CT molecular complexity index is 172. The van der Waals surface area contributed by atoms with Crippen molar-refractivity contribution in [2.45, 2.75) is 5.16 Å². The average molecular weight is 429 g/mol. The van der Waals surface area contributed by atoms with E-state index in [1.165, 1.54) is 6.04 Å². The fraction of sp³-hybridized carbons (Fsp3) is 0.500. The Hall–Kier alpha value is 3.26. The zero-order valence-electron chi connectivity index (χ0n) is 6.06. The first-order chi connectivity index (χ1) is 5.84. The molecule has 0 N–H and O–H groups in total. The Kier molecular flexibility index (Phi) is 7.32. The van der Waals surface area contributed by atoms with E-state index in [1.807, 2.05) is 0 Å². The lowest BCUT2D eigenvalue weighted by Crippen LogP contribution is -2.39. The summed E-state index contributed by atoms with van der Waals surface area (Å²) in [4.78, 5) is 0. The number of rotatable bonds is 4. The van der Waals surface area contributed by atoms with Gasteiger partial charge in [0.2, 0.25) is 0 Å². The highest BCUT2D eigenvalue weighted by atomic mass is 35.9. The van der Waals surface area contributed by atoms with Crippen LogP contribution < -0.4 is 0 Å². The van der Waals surface area contributed by atoms with Gasteiger partial charge < -0.3 is 0 Å². The standard InChI is InChI=1S/C2H2Cl9Si3/c3-12(4,5)1-2(13(6,7)8)14(9,10)11/h1-2H. The summed E-state index contributed by atoms with van der Waals surface area (Å²) in [6, 6.07) is -8.24. The third-order valence-corrected chi connectivity index (χ3v) is 15.4. The monoisotopic (exact) mass is 425 g/mol. The van der Waals surface area contributed by atoms with Crippen molar-refractivity contribution in [3.63, 3.8) is 0 Å². The van der Waals surface area contributed by atoms with Crippen molar-refractivity contribution in [2.24, 2.45) is 0 Å². The Morgan fingerprint density at radius 1 is 0.643 bits per heavy atom. The van der Waals surface area contributed by atoms with Crippen LogP contribution in [0.5, 0.6) is 0 Å². The van der Waals surface area contributed by atoms with Gasteiger partial charge in [-0.3, -0.25) is 0 Å². The second-order valence-corrected chi connectivity index (χ2v) is 29.0. The fourth-order valence-corrected chi connectivity index (χ4v) is 25.2. The SMILES string of the molecule is Cl[Si](Cl)(Cl)[CH]C([Si](Cl)(Cl)Cl)[Si](Cl)(Cl)Cl. The van der Waals surface area contributed by atoms with Gasteiger partial charge in [-0.25, -0.2) is 0 Å². The van der Waals surface area contributed by atoms with E-state index in [1.54, 1.807) is 0 Å². The maximum absolute atomic E-state index is 5.76. The molecule has 0 atom stereocenters. The lowest BCUT2D eigenvalue weighted by atomic mass is 10.9. The molecular weight excluding hydrogens is 427 g/mol. The maximum Gasteiger partial charge on any atom is 0.345 e. The molecule has 0 aromatic heterocycles. The second kappa shape index (κ2) is 5.93. The highest BCUT2D eigenvalue weighted by Crippen LogP contribution is 2.50. The molecule has 0 fully saturated rings. The number of hydrogen-bond acceptors (Lipinski definition) is 0. The van der Waals surface area contributed by atoms with E-state index in [4.69, 9.17) is 99.7 Å². The Labute approximate surface area is 127 Å². The normalized spacial score (nSPS) is 15.0. The molecular formula is C2H2Cl9Si3. The van der Waals surface area contributed by atoms with Crippen LogP contribution in [0.3, 0.4) is 0 Å². The summed E-state index contributed by atoms with van der Waals surface area (Å²) >= 11 is 51.5. The van der Waals surface area contributed by atoms with E-state index in [2.05, 4.69) is 0 Å². The first kappa shape index (κ1) is 17.3. The summed E-state index contributed by atoms with van der Waals surface area (Å²) in [6.07, 6.45) is 0. The van der Waals surface area contributed by atoms with E-state index < -0.39 is 23.2 Å². The van der Waals surface area contributed by atoms with Crippen LogP contribution in [-0.2, 0) is 0 Å². The van der Waals surface area contributed by atoms with E-state index in [0.29, 0.717) is 0 Å². The molecule has 0 heterocycles. The summed E-state index contributed by atoms with van der Waals surface area (Å²) in [5, 5.41) is -0.816. The van der Waals surface area contributed by atoms with E-state index in [9.17, 15) is 0 Å². The topological polar surface area (TPSA) is 0 Å². The molecule has 0 amide bonds. The number of halogens is 9. The van der Waals surface area contributed by atoms with Crippen LogP contribution in [0, 0.1) is 6.04 Å². The number of hydrogen-bond donors (Lipinski definition) is 0. The summed E-state index contributed by atoms with van der Waals surface area (Å²) in [5.41, 5.74) is 0. The molecule has 0 aromatic carbocycles. The molecule has 0 unspecified atom stereocenters. The molecule has 0 aromatic rings. The maximum atomic E-state index is 5.76. The third-order valence-electron chi connectivity index (χ3n) is 1.06. The van der Waals surface area contributed by atoms with E-state index >= 15 is 0 Å². The third kappa shape index (κ3) is 7.56. The van der Waals surface area contributed by atoms with E-state index in [0.717, 1.165) is 0 Å². The highest BCUT2D eigenvalue weighted by Gasteiger charge is 2.54. The van der Waals surface area contributed by atoms with Crippen LogP contribution in [0.15, 0.2) is 0 Å². The molecule has 0 saturated carbocycles. The molecule has 0 bridgehead atoms. The first-order valence-electron chi connectivity index (χ1n) is 2.90. The van der Waals surface area contributed by atoms with Crippen molar-refractivity contribution in [1.82, 2.24) is 0 Å². The van der Waals surface area contributed by atoms with Gasteiger partial charge in [0.25, 0.3) is 0 Å². The molecule has 0 nitrogen and oxygen atoms in total. The second-order valence-electron chi connectivity index (χ2n) is 2.27. The Morgan fingerprint density at radius 2 is 0.929 bits per heavy atom. The first-order valence-corrected chi connectivity index (χ1v) is 18.2. The molecule has 1 radical (unpaired) electrons. The van der Waals surface area contributed by atoms with Crippen LogP contribution >= 0.6 is 99.7 Å². The van der Waals surface area contributed by atoms with Crippen molar-refractivity contribution >= 4 is 118 Å². The van der Waals surface area contributed by atoms with Crippen molar-refractivity contribution < 1.29 is 0 Å². The zero-order chi connectivity index (χ0) is 11.8. The van der Waals surface area contributed by atoms with Gasteiger partial charge in [0.05, 0.1) is 0 Å². The van der Waals surface area contributed by atoms with Crippen molar-refractivity contribution in [1.29, 1.82) is 0 Å². The van der Waals surface area contributed by atoms with Crippen LogP contribution in [0.2, 0.25) is 5.16 Å². The van der Waals surface area contributed by atoms with Crippen LogP contribution in [0.4, 0.5) is 0 Å². The van der Waals surface area contributed by atoms with Gasteiger partial charge in [0.1, 0.15) is 0 Å². The minimum Gasteiger partial charge on any atom is -0.126 e. The molecule has 0 saturated heterocycles. The van der Waals surface area contributed by atoms with Crippen molar-refractivity contribution in [3.05, 3.63) is 6.04 Å². The van der Waals surface area contributed by atoms with Crippen molar-refractivity contribution in [3.8, 4) is 0 Å². The lowest BCUT2D eigenvalue weighted by Gasteiger charge is -2.28. The summed E-state index contributed by atoms with van der Waals surface area (Å²) < 4.78 is 0. The minimum atomic E-state index is -3.22. The molecule has 14 heavy (non-hydrogen) atoms. The molecule has 0 spiro atoms. The largest absolute Gasteiger partial charge is 0.345 e. The van der Waals surface area contributed by atoms with Crippen LogP contribution in [0.25, 0.3) is 0 Å². The van der Waals surface area contributed by atoms with Gasteiger partial charge in [-0.1, -0.05) is 0 Å². The predicted molar refractivity (Wildman–Crippen MR) is 78.0 cm³/mol. The summed E-state index contributed by atoms with van der Waals surface area (Å²) in [6.45, 7) is 0. The van der Waals surface area contributed by atoms with Gasteiger partial charge >= 0.3 is 18.0 Å². The molecule has 0 aliphatic rings. The zero-order valence-corrected chi connectivity index (χ0v) is 15.9. The molecule has 0 rings (SSSR count). The minimum absolute atomic E-state index is 0.816. The van der Waals surface area contributed by atoms with Gasteiger partial charge in [0.15, 0.2) is 0 Å². The summed E-state index contributed by atoms with van der Waals surface area (Å²) in [7, 11) is 0. The summed E-state index contributed by atoms with van der Waals surface area (Å²) in [5.74, 6) is 0. The molecule has 0 aliphatic carbocycles. The van der Waals surface area contributed by atoms with Crippen LogP contribution in [0.1, 0.15) is 0 Å². The predicted octanol–water partition coefficient (Wildman–Crippen LogP) is 5.61. The van der Waals surface area contributed by atoms with E-state index in [-0.39, 0.29) is 0 Å². The fourth-order valence-electron chi connectivity index (χ4n) is 0.564. The highest BCUT2D eigenvalue weighted by molar-refractivity contribution is 7.77. The Balaban J connectivity index is 4.78. The Morgan fingerprint density at radius 3 is 1.00 bits per heavy atom. The average Bonchev–Trinajstić information content (AvgIpc) is 1.75. The van der Waals surface area contributed by atoms with Crippen molar-refractivity contribution in [2.75, 3.05) is 0 Å². The van der Waals surface area contributed by atoms with Gasteiger partial charge in [-0.2, -0.15) is 0 Å². The van der Waals surface area contributed by atoms with Gasteiger partial charge in [-0.15, -0.1) is 99.7 Å². The van der Waals surface area contributed by atoms with Gasteiger partial charge in [0, 0.05) is 11.2 Å². The van der Waals surface area contributed by atoms with Gasteiger partial charge in [-0.05, 0) is 0 Å². The molecule has 0 aliphatic heterocycles. The molecule has 12 heteroatoms. The van der Waals surface area contributed by atoms with Crippen LogP contribution in [-0.4, -0.2) is 18.0 Å². The lowest BCUT2D eigenvalue weighted by molar-refractivity contribution is 1.47. The smallest absolute Gasteiger partial charge is 0.126 e. The molecule has 85 valence electrons.